The highest BCUT2D eigenvalue weighted by molar-refractivity contribution is 9.10. The molecular formula is C39H49BrN8O3. The third kappa shape index (κ3) is 8.23. The van der Waals surface area contributed by atoms with E-state index in [4.69, 9.17) is 19.4 Å². The van der Waals surface area contributed by atoms with Crippen LogP contribution in [0.5, 0.6) is 5.75 Å². The predicted molar refractivity (Wildman–Crippen MR) is 207 cm³/mol. The van der Waals surface area contributed by atoms with Crippen molar-refractivity contribution in [2.75, 3.05) is 75.6 Å². The van der Waals surface area contributed by atoms with E-state index in [0.717, 1.165) is 65.5 Å². The van der Waals surface area contributed by atoms with E-state index in [0.29, 0.717) is 41.2 Å². The molecule has 2 aromatic heterocycles. The first-order chi connectivity index (χ1) is 24.8. The number of aryl methyl sites for hydroxylation is 2. The number of hydrogen-bond donors (Lipinski definition) is 2. The quantitative estimate of drug-likeness (QED) is 0.144. The molecule has 11 nitrogen and oxygen atoms in total. The van der Waals surface area contributed by atoms with E-state index in [1.165, 1.54) is 50.0 Å². The Hall–Kier alpha value is -4.00. The number of carbonyl (C=O) groups is 1. The Morgan fingerprint density at radius 3 is 2.47 bits per heavy atom. The van der Waals surface area contributed by atoms with Crippen molar-refractivity contribution in [2.24, 2.45) is 0 Å². The molecule has 4 aromatic rings. The first-order valence-corrected chi connectivity index (χ1v) is 19.1. The molecule has 4 heterocycles. The third-order valence-electron chi connectivity index (χ3n) is 10.5. The summed E-state index contributed by atoms with van der Waals surface area (Å²) in [5, 5.41) is 7.95. The zero-order valence-electron chi connectivity index (χ0n) is 30.2. The van der Waals surface area contributed by atoms with Crippen LogP contribution in [0.3, 0.4) is 0 Å². The summed E-state index contributed by atoms with van der Waals surface area (Å²) in [7, 11) is 3.92. The molecule has 12 heteroatoms. The SMILES string of the molecule is CCOC(=O)CCc1c(Nc2nc(Nc3cc(C)c(N4CCC(N5CCN(C)CC5)CC4)cc3OC)ncc2Br)ccc2nc(C3CC3)ccc12. The van der Waals surface area contributed by atoms with E-state index in [-0.39, 0.29) is 12.4 Å². The number of pyridine rings is 1. The Morgan fingerprint density at radius 1 is 0.961 bits per heavy atom. The smallest absolute Gasteiger partial charge is 0.306 e. The number of anilines is 5. The number of ether oxygens (including phenoxy) is 2. The molecule has 2 aliphatic heterocycles. The van der Waals surface area contributed by atoms with Crippen LogP contribution < -0.4 is 20.3 Å². The Bertz CT molecular complexity index is 1870. The van der Waals surface area contributed by atoms with Gasteiger partial charge in [0.05, 0.1) is 29.4 Å². The lowest BCUT2D eigenvalue weighted by molar-refractivity contribution is -0.143. The largest absolute Gasteiger partial charge is 0.494 e. The van der Waals surface area contributed by atoms with E-state index in [1.807, 2.05) is 19.1 Å². The van der Waals surface area contributed by atoms with Gasteiger partial charge in [0.25, 0.3) is 0 Å². The molecule has 1 aliphatic carbocycles. The van der Waals surface area contributed by atoms with Gasteiger partial charge in [0.1, 0.15) is 11.6 Å². The maximum Gasteiger partial charge on any atom is 0.306 e. The summed E-state index contributed by atoms with van der Waals surface area (Å²) in [6.45, 7) is 11.1. The number of benzene rings is 2. The molecule has 7 rings (SSSR count). The number of nitrogens with one attached hydrogen (secondary N) is 2. The zero-order chi connectivity index (χ0) is 35.5. The molecule has 2 saturated heterocycles. The number of carbonyl (C=O) groups excluding carboxylic acids is 1. The fourth-order valence-electron chi connectivity index (χ4n) is 7.44. The van der Waals surface area contributed by atoms with E-state index >= 15 is 0 Å². The van der Waals surface area contributed by atoms with Gasteiger partial charge in [0, 0.05) is 92.4 Å². The van der Waals surface area contributed by atoms with Crippen molar-refractivity contribution in [1.82, 2.24) is 24.8 Å². The second kappa shape index (κ2) is 15.7. The molecular weight excluding hydrogens is 708 g/mol. The van der Waals surface area contributed by atoms with E-state index < -0.39 is 0 Å². The number of nitrogens with zero attached hydrogens (tertiary/aromatic N) is 6. The molecule has 0 radical (unpaired) electrons. The van der Waals surface area contributed by atoms with E-state index in [2.05, 4.69) is 84.5 Å². The van der Waals surface area contributed by atoms with Crippen molar-refractivity contribution in [1.29, 1.82) is 0 Å². The van der Waals surface area contributed by atoms with E-state index in [1.54, 1.807) is 13.3 Å². The van der Waals surface area contributed by atoms with Gasteiger partial charge in [0.2, 0.25) is 5.95 Å². The number of fused-ring (bicyclic) bond motifs is 1. The molecule has 1 saturated carbocycles. The minimum absolute atomic E-state index is 0.219. The van der Waals surface area contributed by atoms with Gasteiger partial charge in [-0.15, -0.1) is 0 Å². The molecule has 0 amide bonds. The molecule has 51 heavy (non-hydrogen) atoms. The summed E-state index contributed by atoms with van der Waals surface area (Å²) in [5.41, 5.74) is 7.10. The zero-order valence-corrected chi connectivity index (χ0v) is 31.8. The van der Waals surface area contributed by atoms with Gasteiger partial charge in [0.15, 0.2) is 0 Å². The molecule has 0 atom stereocenters. The Labute approximate surface area is 309 Å². The molecule has 0 unspecified atom stereocenters. The number of methoxy groups -OCH3 is 1. The van der Waals surface area contributed by atoms with Crippen LogP contribution in [-0.2, 0) is 16.0 Å². The van der Waals surface area contributed by atoms with Crippen LogP contribution in [0.15, 0.2) is 47.1 Å². The molecule has 270 valence electrons. The summed E-state index contributed by atoms with van der Waals surface area (Å²) in [4.78, 5) is 34.4. The number of piperazine rings is 1. The fourth-order valence-corrected chi connectivity index (χ4v) is 7.73. The Balaban J connectivity index is 1.09. The minimum atomic E-state index is -0.219. The number of halogens is 1. The third-order valence-corrected chi connectivity index (χ3v) is 11.1. The average Bonchev–Trinajstić information content (AvgIpc) is 3.99. The maximum atomic E-state index is 12.4. The molecule has 2 N–H and O–H groups in total. The lowest BCUT2D eigenvalue weighted by Gasteiger charge is -2.43. The minimum Gasteiger partial charge on any atom is -0.494 e. The number of aromatic nitrogens is 3. The lowest BCUT2D eigenvalue weighted by atomic mass is 10.0. The van der Waals surface area contributed by atoms with E-state index in [9.17, 15) is 4.79 Å². The van der Waals surface area contributed by atoms with Crippen molar-refractivity contribution in [2.45, 2.75) is 64.3 Å². The Morgan fingerprint density at radius 2 is 1.75 bits per heavy atom. The second-order valence-electron chi connectivity index (χ2n) is 14.0. The van der Waals surface area contributed by atoms with Gasteiger partial charge in [-0.2, -0.15) is 4.98 Å². The number of hydrogen-bond acceptors (Lipinski definition) is 11. The summed E-state index contributed by atoms with van der Waals surface area (Å²) >= 11 is 3.65. The highest BCUT2D eigenvalue weighted by atomic mass is 79.9. The molecule has 3 aliphatic rings. The number of rotatable bonds is 12. The standard InChI is InChI=1S/C39H49BrN8O3/c1-5-51-37(49)13-9-29-28-8-10-31(26-6-7-26)42-32(28)11-12-33(29)43-38-30(40)24-41-39(45-38)44-34-22-25(2)35(23-36(34)50-4)48-16-14-27(15-17-48)47-20-18-46(3)19-21-47/h8,10-12,22-24,26-27H,5-7,9,13-21H2,1-4H3,(H2,41,43,44,45). The molecule has 0 bridgehead atoms. The van der Waals surface area contributed by atoms with Crippen molar-refractivity contribution >= 4 is 61.6 Å². The van der Waals surface area contributed by atoms with Crippen molar-refractivity contribution in [3.05, 3.63) is 63.9 Å². The van der Waals surface area contributed by atoms with Crippen LogP contribution in [0.4, 0.5) is 28.8 Å². The van der Waals surface area contributed by atoms with Crippen molar-refractivity contribution in [3.63, 3.8) is 0 Å². The van der Waals surface area contributed by atoms with Gasteiger partial charge in [-0.05, 0) is 104 Å². The molecule has 3 fully saturated rings. The molecule has 2 aromatic carbocycles. The van der Waals surface area contributed by atoms with Crippen LogP contribution in [0.2, 0.25) is 0 Å². The van der Waals surface area contributed by atoms with Crippen LogP contribution in [0.25, 0.3) is 10.9 Å². The number of esters is 1. The van der Waals surface area contributed by atoms with Gasteiger partial charge in [-0.3, -0.25) is 14.7 Å². The normalized spacial score (nSPS) is 17.5. The van der Waals surface area contributed by atoms with Crippen molar-refractivity contribution in [3.8, 4) is 5.75 Å². The van der Waals surface area contributed by atoms with Crippen LogP contribution >= 0.6 is 15.9 Å². The highest BCUT2D eigenvalue weighted by Gasteiger charge is 2.28. The fraction of sp³-hybridized carbons (Fsp3) is 0.487. The first kappa shape index (κ1) is 35.4. The summed E-state index contributed by atoms with van der Waals surface area (Å²) < 4.78 is 11.9. The van der Waals surface area contributed by atoms with Crippen molar-refractivity contribution < 1.29 is 14.3 Å². The first-order valence-electron chi connectivity index (χ1n) is 18.3. The number of likely N-dealkylation sites (N-methyl/N-ethyl adjacent to an activating group) is 1. The van der Waals surface area contributed by atoms with Gasteiger partial charge < -0.3 is 29.9 Å². The summed E-state index contributed by atoms with van der Waals surface area (Å²) in [5.74, 6) is 2.11. The predicted octanol–water partition coefficient (Wildman–Crippen LogP) is 7.18. The maximum absolute atomic E-state index is 12.4. The lowest BCUT2D eigenvalue weighted by Crippen LogP contribution is -2.52. The van der Waals surface area contributed by atoms with Gasteiger partial charge in [-0.1, -0.05) is 6.07 Å². The molecule has 0 spiro atoms. The summed E-state index contributed by atoms with van der Waals surface area (Å²) in [6.07, 6.45) is 7.25. The Kier molecular flexibility index (Phi) is 10.9. The monoisotopic (exact) mass is 756 g/mol. The van der Waals surface area contributed by atoms with Crippen LogP contribution in [0.1, 0.15) is 61.8 Å². The second-order valence-corrected chi connectivity index (χ2v) is 14.9. The average molecular weight is 758 g/mol. The van der Waals surface area contributed by atoms with Crippen LogP contribution in [0, 0.1) is 6.92 Å². The summed E-state index contributed by atoms with van der Waals surface area (Å²) in [6, 6.07) is 13.2. The highest BCUT2D eigenvalue weighted by Crippen LogP contribution is 2.41. The van der Waals surface area contributed by atoms with Crippen LogP contribution in [-0.4, -0.2) is 96.8 Å². The van der Waals surface area contributed by atoms with Gasteiger partial charge in [-0.25, -0.2) is 4.98 Å². The van der Waals surface area contributed by atoms with Gasteiger partial charge >= 0.3 is 5.97 Å². The number of piperidine rings is 1. The topological polar surface area (TPSA) is 108 Å².